The Morgan fingerprint density at radius 1 is 0.912 bits per heavy atom. The summed E-state index contributed by atoms with van der Waals surface area (Å²) in [7, 11) is -1.27. The third-order valence-electron chi connectivity index (χ3n) is 5.53. The van der Waals surface area contributed by atoms with E-state index in [4.69, 9.17) is 9.47 Å². The van der Waals surface area contributed by atoms with Gasteiger partial charge in [0.25, 0.3) is 10.0 Å². The summed E-state index contributed by atoms with van der Waals surface area (Å²) in [5, 5.41) is 0. The minimum Gasteiger partial charge on any atom is -0.497 e. The molecule has 176 valence electrons. The number of carbonyl (C=O) groups excluding carboxylic acids is 2. The molecule has 0 atom stereocenters. The fourth-order valence-electron chi connectivity index (χ4n) is 4.04. The van der Waals surface area contributed by atoms with Crippen LogP contribution in [0.2, 0.25) is 0 Å². The van der Waals surface area contributed by atoms with Gasteiger partial charge in [0.15, 0.2) is 5.78 Å². The minimum atomic E-state index is -4.19. The summed E-state index contributed by atoms with van der Waals surface area (Å²) in [5.74, 6) is 0.342. The zero-order valence-corrected chi connectivity index (χ0v) is 20.0. The van der Waals surface area contributed by atoms with Crippen LogP contribution in [0.1, 0.15) is 21.5 Å². The molecule has 0 N–H and O–H groups in total. The maximum absolute atomic E-state index is 13.6. The predicted molar refractivity (Wildman–Crippen MR) is 129 cm³/mol. The van der Waals surface area contributed by atoms with Crippen molar-refractivity contribution in [1.82, 2.24) is 0 Å². The molecule has 1 aliphatic rings. The lowest BCUT2D eigenvalue weighted by atomic mass is 10.1. The molecule has 4 rings (SSSR count). The molecule has 0 spiro atoms. The molecule has 1 aliphatic heterocycles. The molecule has 2 amide bonds. The van der Waals surface area contributed by atoms with Gasteiger partial charge in [-0.2, -0.15) is 4.31 Å². The molecule has 9 heteroatoms. The summed E-state index contributed by atoms with van der Waals surface area (Å²) < 4.78 is 38.3. The van der Waals surface area contributed by atoms with Crippen LogP contribution in [0, 0.1) is 13.8 Å². The average molecular weight is 481 g/mol. The van der Waals surface area contributed by atoms with Gasteiger partial charge in [-0.15, -0.1) is 0 Å². The Labute approximate surface area is 198 Å². The van der Waals surface area contributed by atoms with Crippen LogP contribution in [0.5, 0.6) is 11.5 Å². The van der Waals surface area contributed by atoms with Crippen molar-refractivity contribution in [3.63, 3.8) is 0 Å². The van der Waals surface area contributed by atoms with Gasteiger partial charge in [0.2, 0.25) is 0 Å². The summed E-state index contributed by atoms with van der Waals surface area (Å²) in [4.78, 5) is 28.1. The molecule has 8 nitrogen and oxygen atoms in total. The van der Waals surface area contributed by atoms with E-state index >= 15 is 0 Å². The molecule has 0 fully saturated rings. The van der Waals surface area contributed by atoms with E-state index in [1.54, 1.807) is 36.4 Å². The molecule has 0 aromatic heterocycles. The zero-order valence-electron chi connectivity index (χ0n) is 19.2. The average Bonchev–Trinajstić information content (AvgIpc) is 2.80. The Hall–Kier alpha value is -3.85. The number of carbonyl (C=O) groups is 2. The van der Waals surface area contributed by atoms with Crippen LogP contribution in [0.25, 0.3) is 0 Å². The Bertz CT molecular complexity index is 1380. The van der Waals surface area contributed by atoms with Gasteiger partial charge in [0, 0.05) is 0 Å². The third kappa shape index (κ3) is 3.99. The second-order valence-electron chi connectivity index (χ2n) is 7.94. The smallest absolute Gasteiger partial charge is 0.343 e. The molecule has 0 unspecified atom stereocenters. The van der Waals surface area contributed by atoms with Crippen LogP contribution in [0.3, 0.4) is 0 Å². The number of nitrogens with zero attached hydrogens (tertiary/aromatic N) is 2. The quantitative estimate of drug-likeness (QED) is 0.488. The van der Waals surface area contributed by atoms with Gasteiger partial charge in [-0.3, -0.25) is 9.69 Å². The maximum Gasteiger partial charge on any atom is 0.343 e. The maximum atomic E-state index is 13.6. The van der Waals surface area contributed by atoms with Crippen LogP contribution in [0.4, 0.5) is 16.2 Å². The first kappa shape index (κ1) is 23.3. The molecule has 0 saturated heterocycles. The lowest BCUT2D eigenvalue weighted by molar-refractivity contribution is 0.0996. The number of urea groups is 1. The zero-order chi connectivity index (χ0) is 24.6. The van der Waals surface area contributed by atoms with Gasteiger partial charge in [-0.25, -0.2) is 13.2 Å². The van der Waals surface area contributed by atoms with Crippen molar-refractivity contribution in [3.8, 4) is 11.5 Å². The third-order valence-corrected chi connectivity index (χ3v) is 7.28. The van der Waals surface area contributed by atoms with Crippen molar-refractivity contribution in [2.24, 2.45) is 0 Å². The van der Waals surface area contributed by atoms with E-state index in [-0.39, 0.29) is 21.8 Å². The summed E-state index contributed by atoms with van der Waals surface area (Å²) in [6, 6.07) is 15.2. The van der Waals surface area contributed by atoms with E-state index in [1.807, 2.05) is 19.9 Å². The highest BCUT2D eigenvalue weighted by molar-refractivity contribution is 7.94. The van der Waals surface area contributed by atoms with E-state index in [2.05, 4.69) is 0 Å². The second-order valence-corrected chi connectivity index (χ2v) is 9.70. The molecule has 0 radical (unpaired) electrons. The van der Waals surface area contributed by atoms with Crippen LogP contribution in [0.15, 0.2) is 65.6 Å². The fourth-order valence-corrected chi connectivity index (χ4v) is 5.62. The first-order chi connectivity index (χ1) is 16.2. The van der Waals surface area contributed by atoms with Gasteiger partial charge in [-0.1, -0.05) is 18.2 Å². The number of para-hydroxylation sites is 1. The number of hydrogen-bond acceptors (Lipinski definition) is 6. The SMILES string of the molecule is COc1ccc(OC)c(C(=O)CN2C(=O)N(c3cc(C)cc(C)c3)S(=O)(=O)c3ccccc32)c1. The van der Waals surface area contributed by atoms with E-state index in [0.717, 1.165) is 15.4 Å². The molecule has 1 heterocycles. The first-order valence-electron chi connectivity index (χ1n) is 10.5. The largest absolute Gasteiger partial charge is 0.497 e. The van der Waals surface area contributed by atoms with E-state index in [9.17, 15) is 18.0 Å². The highest BCUT2D eigenvalue weighted by atomic mass is 32.2. The van der Waals surface area contributed by atoms with E-state index < -0.39 is 28.4 Å². The lowest BCUT2D eigenvalue weighted by Crippen LogP contribution is -2.52. The normalized spacial score (nSPS) is 14.5. The second kappa shape index (κ2) is 8.83. The van der Waals surface area contributed by atoms with Crippen LogP contribution < -0.4 is 18.7 Å². The number of aryl methyl sites for hydroxylation is 2. The van der Waals surface area contributed by atoms with Crippen LogP contribution in [-0.2, 0) is 10.0 Å². The number of rotatable bonds is 6. The Morgan fingerprint density at radius 2 is 1.59 bits per heavy atom. The number of hydrogen-bond donors (Lipinski definition) is 0. The van der Waals surface area contributed by atoms with Gasteiger partial charge in [0.05, 0.1) is 37.7 Å². The van der Waals surface area contributed by atoms with Crippen molar-refractivity contribution in [3.05, 3.63) is 77.4 Å². The van der Waals surface area contributed by atoms with Crippen molar-refractivity contribution < 1.29 is 27.5 Å². The van der Waals surface area contributed by atoms with E-state index in [1.165, 1.54) is 37.3 Å². The molecular weight excluding hydrogens is 456 g/mol. The number of methoxy groups -OCH3 is 2. The Kier molecular flexibility index (Phi) is 6.05. The van der Waals surface area contributed by atoms with Gasteiger partial charge in [-0.05, 0) is 67.4 Å². The summed E-state index contributed by atoms with van der Waals surface area (Å²) in [6.45, 7) is 3.25. The van der Waals surface area contributed by atoms with Gasteiger partial charge in [0.1, 0.15) is 16.4 Å². The number of Topliss-reactive ketones (excluding diaryl/α,β-unsaturated/α-hetero) is 1. The number of ether oxygens (including phenoxy) is 2. The minimum absolute atomic E-state index is 0.0563. The van der Waals surface area contributed by atoms with Crippen molar-refractivity contribution in [2.75, 3.05) is 30.0 Å². The summed E-state index contributed by atoms with van der Waals surface area (Å²) in [5.41, 5.74) is 2.19. The van der Waals surface area contributed by atoms with Crippen LogP contribution in [-0.4, -0.2) is 41.0 Å². The molecule has 0 aliphatic carbocycles. The predicted octanol–water partition coefficient (Wildman–Crippen LogP) is 4.34. The number of ketones is 1. The topological polar surface area (TPSA) is 93.2 Å². The van der Waals surface area contributed by atoms with Crippen molar-refractivity contribution in [2.45, 2.75) is 18.7 Å². The van der Waals surface area contributed by atoms with Crippen molar-refractivity contribution in [1.29, 1.82) is 0 Å². The summed E-state index contributed by atoms with van der Waals surface area (Å²) >= 11 is 0. The highest BCUT2D eigenvalue weighted by Crippen LogP contribution is 2.38. The van der Waals surface area contributed by atoms with E-state index in [0.29, 0.717) is 11.5 Å². The molecule has 0 saturated carbocycles. The Balaban J connectivity index is 1.83. The monoisotopic (exact) mass is 480 g/mol. The number of benzene rings is 3. The van der Waals surface area contributed by atoms with Crippen molar-refractivity contribution >= 4 is 33.2 Å². The molecule has 0 bridgehead atoms. The number of sulfonamides is 1. The lowest BCUT2D eigenvalue weighted by Gasteiger charge is -2.36. The number of amides is 2. The highest BCUT2D eigenvalue weighted by Gasteiger charge is 2.43. The van der Waals surface area contributed by atoms with Gasteiger partial charge < -0.3 is 9.47 Å². The molecule has 34 heavy (non-hydrogen) atoms. The summed E-state index contributed by atoms with van der Waals surface area (Å²) in [6.07, 6.45) is 0. The Morgan fingerprint density at radius 3 is 2.24 bits per heavy atom. The molecular formula is C25H24N2O6S. The molecule has 3 aromatic carbocycles. The number of anilines is 2. The fraction of sp³-hybridized carbons (Fsp3) is 0.200. The standard InChI is InChI=1S/C25H24N2O6S/c1-16-11-17(2)13-18(12-16)27-25(29)26(21-7-5-6-8-24(21)34(27,30)31)15-22(28)20-14-19(32-3)9-10-23(20)33-4/h5-14H,15H2,1-4H3. The van der Waals surface area contributed by atoms with Gasteiger partial charge >= 0.3 is 6.03 Å². The first-order valence-corrected chi connectivity index (χ1v) is 11.9. The van der Waals surface area contributed by atoms with Crippen LogP contribution >= 0.6 is 0 Å². The number of fused-ring (bicyclic) bond motifs is 1. The molecule has 3 aromatic rings.